The zero-order valence-corrected chi connectivity index (χ0v) is 15.2. The van der Waals surface area contributed by atoms with Crippen molar-refractivity contribution < 1.29 is 4.79 Å². The molecule has 132 valence electrons. The van der Waals surface area contributed by atoms with Gasteiger partial charge in [0.2, 0.25) is 0 Å². The van der Waals surface area contributed by atoms with Crippen LogP contribution in [0, 0.1) is 0 Å². The largest absolute Gasteiger partial charge is 0.378 e. The maximum atomic E-state index is 12.9. The number of rotatable bonds is 3. The Kier molecular flexibility index (Phi) is 4.01. The van der Waals surface area contributed by atoms with Crippen LogP contribution in [-0.2, 0) is 4.79 Å². The Morgan fingerprint density at radius 2 is 1.85 bits per heavy atom. The molecule has 1 aliphatic heterocycles. The number of hydrogen-bond acceptors (Lipinski definition) is 3. The van der Waals surface area contributed by atoms with E-state index in [1.807, 2.05) is 57.4 Å². The number of carbonyl (C=O) groups is 1. The van der Waals surface area contributed by atoms with Gasteiger partial charge in [-0.25, -0.2) is 10.4 Å². The van der Waals surface area contributed by atoms with Crippen LogP contribution in [0.5, 0.6) is 0 Å². The summed E-state index contributed by atoms with van der Waals surface area (Å²) in [5.74, 6) is -0.0173. The fourth-order valence-electron chi connectivity index (χ4n) is 3.25. The molecule has 1 atom stereocenters. The minimum Gasteiger partial charge on any atom is -0.378 e. The van der Waals surface area contributed by atoms with Gasteiger partial charge in [0.15, 0.2) is 0 Å². The first-order chi connectivity index (χ1) is 12.5. The number of hydrazine groups is 1. The SMILES string of the molecule is CC1NN(c2ccccc2)C(=O)/C1=C\c1cc2ccc(N(C)C)cc2[nH]1. The number of nitrogens with one attached hydrogen (secondary N) is 2. The molecule has 1 unspecified atom stereocenters. The summed E-state index contributed by atoms with van der Waals surface area (Å²) in [6, 6.07) is 18.0. The smallest absolute Gasteiger partial charge is 0.270 e. The molecule has 2 heterocycles. The summed E-state index contributed by atoms with van der Waals surface area (Å²) in [7, 11) is 4.05. The number of para-hydroxylation sites is 1. The standard InChI is InChI=1S/C21H22N4O/c1-14-19(21(26)25(23-14)17-7-5-4-6-8-17)12-16-11-15-9-10-18(24(2)3)13-20(15)22-16/h4-14,22-23H,1-3H3/b19-12-. The molecule has 1 aliphatic rings. The van der Waals surface area contributed by atoms with Crippen LogP contribution >= 0.6 is 0 Å². The van der Waals surface area contributed by atoms with Gasteiger partial charge < -0.3 is 9.88 Å². The van der Waals surface area contributed by atoms with E-state index in [1.165, 1.54) is 0 Å². The molecule has 1 saturated heterocycles. The van der Waals surface area contributed by atoms with Gasteiger partial charge in [0.1, 0.15) is 0 Å². The molecule has 2 aromatic carbocycles. The van der Waals surface area contributed by atoms with E-state index in [1.54, 1.807) is 5.01 Å². The van der Waals surface area contributed by atoms with Gasteiger partial charge in [0.25, 0.3) is 5.91 Å². The Bertz CT molecular complexity index is 988. The molecule has 0 spiro atoms. The Hall–Kier alpha value is -3.05. The number of nitrogens with zero attached hydrogens (tertiary/aromatic N) is 2. The van der Waals surface area contributed by atoms with E-state index < -0.39 is 0 Å². The summed E-state index contributed by atoms with van der Waals surface area (Å²) >= 11 is 0. The lowest BCUT2D eigenvalue weighted by molar-refractivity contribution is -0.114. The summed E-state index contributed by atoms with van der Waals surface area (Å²) in [6.45, 7) is 2.00. The summed E-state index contributed by atoms with van der Waals surface area (Å²) in [5.41, 5.74) is 7.97. The van der Waals surface area contributed by atoms with Crippen molar-refractivity contribution in [3.05, 3.63) is 65.9 Å². The van der Waals surface area contributed by atoms with Gasteiger partial charge in [-0.2, -0.15) is 0 Å². The number of carbonyl (C=O) groups excluding carboxylic acids is 1. The van der Waals surface area contributed by atoms with E-state index in [-0.39, 0.29) is 11.9 Å². The maximum Gasteiger partial charge on any atom is 0.270 e. The Morgan fingerprint density at radius 1 is 1.08 bits per heavy atom. The predicted molar refractivity (Wildman–Crippen MR) is 107 cm³/mol. The second kappa shape index (κ2) is 6.35. The third kappa shape index (κ3) is 2.86. The third-order valence-electron chi connectivity index (χ3n) is 4.71. The number of hydrogen-bond donors (Lipinski definition) is 2. The lowest BCUT2D eigenvalue weighted by Gasteiger charge is -2.15. The van der Waals surface area contributed by atoms with Crippen LogP contribution in [0.15, 0.2) is 60.2 Å². The van der Waals surface area contributed by atoms with Crippen molar-refractivity contribution in [1.82, 2.24) is 10.4 Å². The van der Waals surface area contributed by atoms with Crippen molar-refractivity contribution in [2.45, 2.75) is 13.0 Å². The van der Waals surface area contributed by atoms with Crippen molar-refractivity contribution in [3.8, 4) is 0 Å². The van der Waals surface area contributed by atoms with Gasteiger partial charge in [-0.15, -0.1) is 0 Å². The minimum absolute atomic E-state index is 0.0173. The van der Waals surface area contributed by atoms with Crippen molar-refractivity contribution in [2.24, 2.45) is 0 Å². The topological polar surface area (TPSA) is 51.4 Å². The van der Waals surface area contributed by atoms with Crippen LogP contribution in [0.1, 0.15) is 12.6 Å². The van der Waals surface area contributed by atoms with E-state index in [9.17, 15) is 4.79 Å². The van der Waals surface area contributed by atoms with Crippen molar-refractivity contribution in [2.75, 3.05) is 24.0 Å². The van der Waals surface area contributed by atoms with Crippen LogP contribution in [0.2, 0.25) is 0 Å². The van der Waals surface area contributed by atoms with Crippen molar-refractivity contribution in [1.29, 1.82) is 0 Å². The number of aromatic amines is 1. The first-order valence-electron chi connectivity index (χ1n) is 8.70. The molecule has 3 aromatic rings. The number of aromatic nitrogens is 1. The molecule has 1 amide bonds. The average Bonchev–Trinajstić information content (AvgIpc) is 3.17. The average molecular weight is 346 g/mol. The van der Waals surface area contributed by atoms with Gasteiger partial charge >= 0.3 is 0 Å². The molecule has 1 fully saturated rings. The molecule has 4 rings (SSSR count). The molecule has 2 N–H and O–H groups in total. The minimum atomic E-state index is -0.0496. The fourth-order valence-corrected chi connectivity index (χ4v) is 3.25. The zero-order chi connectivity index (χ0) is 18.3. The zero-order valence-electron chi connectivity index (χ0n) is 15.2. The molecule has 1 aromatic heterocycles. The fraction of sp³-hybridized carbons (Fsp3) is 0.190. The second-order valence-electron chi connectivity index (χ2n) is 6.82. The van der Waals surface area contributed by atoms with Crippen LogP contribution < -0.4 is 15.3 Å². The summed E-state index contributed by atoms with van der Waals surface area (Å²) in [5, 5.41) is 2.75. The molecule has 5 heteroatoms. The summed E-state index contributed by atoms with van der Waals surface area (Å²) in [6.07, 6.45) is 1.94. The van der Waals surface area contributed by atoms with E-state index in [0.29, 0.717) is 0 Å². The highest BCUT2D eigenvalue weighted by Crippen LogP contribution is 2.26. The lowest BCUT2D eigenvalue weighted by atomic mass is 10.1. The first-order valence-corrected chi connectivity index (χ1v) is 8.70. The molecule has 5 nitrogen and oxygen atoms in total. The summed E-state index contributed by atoms with van der Waals surface area (Å²) in [4.78, 5) is 18.3. The van der Waals surface area contributed by atoms with Gasteiger partial charge in [-0.1, -0.05) is 24.3 Å². The highest BCUT2D eigenvalue weighted by atomic mass is 16.2. The van der Waals surface area contributed by atoms with Crippen LogP contribution in [0.3, 0.4) is 0 Å². The van der Waals surface area contributed by atoms with E-state index in [2.05, 4.69) is 39.6 Å². The lowest BCUT2D eigenvalue weighted by Crippen LogP contribution is -2.36. The van der Waals surface area contributed by atoms with E-state index in [4.69, 9.17) is 0 Å². The molecule has 0 radical (unpaired) electrons. The van der Waals surface area contributed by atoms with Gasteiger partial charge in [-0.05, 0) is 43.3 Å². The van der Waals surface area contributed by atoms with Gasteiger partial charge in [0.05, 0.1) is 11.7 Å². The normalized spacial score (nSPS) is 18.9. The third-order valence-corrected chi connectivity index (χ3v) is 4.71. The van der Waals surface area contributed by atoms with Crippen LogP contribution in [-0.4, -0.2) is 31.0 Å². The molecular formula is C21H22N4O. The number of amides is 1. The Balaban J connectivity index is 1.67. The van der Waals surface area contributed by atoms with E-state index in [0.717, 1.165) is 33.5 Å². The number of benzene rings is 2. The number of fused-ring (bicyclic) bond motifs is 1. The predicted octanol–water partition coefficient (Wildman–Crippen LogP) is 3.56. The van der Waals surface area contributed by atoms with Crippen LogP contribution in [0.4, 0.5) is 11.4 Å². The highest BCUT2D eigenvalue weighted by Gasteiger charge is 2.32. The second-order valence-corrected chi connectivity index (χ2v) is 6.82. The van der Waals surface area contributed by atoms with Crippen molar-refractivity contribution in [3.63, 3.8) is 0 Å². The molecular weight excluding hydrogens is 324 g/mol. The molecule has 0 saturated carbocycles. The quantitative estimate of drug-likeness (QED) is 0.713. The monoisotopic (exact) mass is 346 g/mol. The van der Waals surface area contributed by atoms with Crippen molar-refractivity contribution >= 4 is 34.3 Å². The van der Waals surface area contributed by atoms with Crippen LogP contribution in [0.25, 0.3) is 17.0 Å². The highest BCUT2D eigenvalue weighted by molar-refractivity contribution is 6.11. The molecule has 0 bridgehead atoms. The molecule has 0 aliphatic carbocycles. The van der Waals surface area contributed by atoms with E-state index >= 15 is 0 Å². The Labute approximate surface area is 152 Å². The Morgan fingerprint density at radius 3 is 2.58 bits per heavy atom. The number of H-pyrrole nitrogens is 1. The number of anilines is 2. The summed E-state index contributed by atoms with van der Waals surface area (Å²) < 4.78 is 0. The first kappa shape index (κ1) is 16.4. The van der Waals surface area contributed by atoms with Gasteiger partial charge in [0, 0.05) is 42.0 Å². The van der Waals surface area contributed by atoms with Gasteiger partial charge in [-0.3, -0.25) is 4.79 Å². The maximum absolute atomic E-state index is 12.9. The molecule has 26 heavy (non-hydrogen) atoms.